The summed E-state index contributed by atoms with van der Waals surface area (Å²) in [7, 11) is 0. The number of rotatable bonds is 7. The molecule has 0 bridgehead atoms. The van der Waals surface area contributed by atoms with Crippen LogP contribution in [0.1, 0.15) is 45.1 Å². The van der Waals surface area contributed by atoms with Crippen LogP contribution in [-0.2, 0) is 4.79 Å². The zero-order valence-corrected chi connectivity index (χ0v) is 17.4. The van der Waals surface area contributed by atoms with E-state index in [1.807, 2.05) is 17.2 Å². The predicted molar refractivity (Wildman–Crippen MR) is 114 cm³/mol. The van der Waals surface area contributed by atoms with Gasteiger partial charge in [-0.2, -0.15) is 0 Å². The lowest BCUT2D eigenvalue weighted by atomic mass is 9.96. The molecule has 1 aliphatic heterocycles. The fourth-order valence-electron chi connectivity index (χ4n) is 3.79. The molecule has 2 aromatic rings. The lowest BCUT2D eigenvalue weighted by Crippen LogP contribution is -2.45. The molecule has 5 nitrogen and oxygen atoms in total. The third-order valence-corrected chi connectivity index (χ3v) is 5.52. The van der Waals surface area contributed by atoms with Crippen molar-refractivity contribution in [1.29, 1.82) is 0 Å². The van der Waals surface area contributed by atoms with E-state index in [2.05, 4.69) is 54.9 Å². The first kappa shape index (κ1) is 20.3. The maximum Gasteiger partial charge on any atom is 0.227 e. The second-order valence-electron chi connectivity index (χ2n) is 7.66. The molecule has 3 rings (SSSR count). The second-order valence-corrected chi connectivity index (χ2v) is 7.66. The number of anilines is 1. The summed E-state index contributed by atoms with van der Waals surface area (Å²) in [5.41, 5.74) is 2.25. The summed E-state index contributed by atoms with van der Waals surface area (Å²) in [6.07, 6.45) is 5.99. The van der Waals surface area contributed by atoms with E-state index in [0.717, 1.165) is 69.1 Å². The van der Waals surface area contributed by atoms with Crippen molar-refractivity contribution in [2.75, 3.05) is 31.1 Å². The van der Waals surface area contributed by atoms with Crippen LogP contribution in [0.2, 0.25) is 0 Å². The molecule has 0 radical (unpaired) electrons. The van der Waals surface area contributed by atoms with Gasteiger partial charge in [-0.3, -0.25) is 4.79 Å². The summed E-state index contributed by atoms with van der Waals surface area (Å²) in [6.45, 7) is 9.66. The Morgan fingerprint density at radius 1 is 1.21 bits per heavy atom. The number of hydrogen-bond acceptors (Lipinski definition) is 4. The van der Waals surface area contributed by atoms with E-state index in [-0.39, 0.29) is 5.92 Å². The van der Waals surface area contributed by atoms with E-state index >= 15 is 0 Å². The van der Waals surface area contributed by atoms with Crippen molar-refractivity contribution in [3.63, 3.8) is 0 Å². The van der Waals surface area contributed by atoms with Crippen molar-refractivity contribution in [2.45, 2.75) is 46.5 Å². The van der Waals surface area contributed by atoms with Crippen LogP contribution in [0.4, 0.5) is 5.82 Å². The van der Waals surface area contributed by atoms with Crippen molar-refractivity contribution in [3.05, 3.63) is 42.1 Å². The molecule has 0 saturated carbocycles. The Morgan fingerprint density at radius 3 is 2.71 bits per heavy atom. The predicted octanol–water partition coefficient (Wildman–Crippen LogP) is 4.32. The summed E-state index contributed by atoms with van der Waals surface area (Å²) < 4.78 is 0. The first-order valence-electron chi connectivity index (χ1n) is 10.6. The van der Waals surface area contributed by atoms with Crippen molar-refractivity contribution >= 4 is 11.7 Å². The molecule has 0 aliphatic carbocycles. The van der Waals surface area contributed by atoms with Crippen LogP contribution in [0.25, 0.3) is 11.4 Å². The molecule has 1 aromatic heterocycles. The number of aryl methyl sites for hydroxylation is 1. The Kier molecular flexibility index (Phi) is 7.01. The van der Waals surface area contributed by atoms with Gasteiger partial charge in [-0.15, -0.1) is 0 Å². The number of benzene rings is 1. The van der Waals surface area contributed by atoms with E-state index in [1.165, 1.54) is 5.56 Å². The van der Waals surface area contributed by atoms with Crippen molar-refractivity contribution in [3.8, 4) is 11.4 Å². The topological polar surface area (TPSA) is 49.3 Å². The molecule has 1 fully saturated rings. The van der Waals surface area contributed by atoms with Crippen LogP contribution in [0.15, 0.2) is 36.5 Å². The van der Waals surface area contributed by atoms with Gasteiger partial charge in [-0.1, -0.05) is 43.2 Å². The molecule has 1 amide bonds. The molecule has 0 spiro atoms. The van der Waals surface area contributed by atoms with Crippen LogP contribution in [0.3, 0.4) is 0 Å². The monoisotopic (exact) mass is 380 g/mol. The molecular formula is C23H32N4O. The average Bonchev–Trinajstić information content (AvgIpc) is 2.75. The van der Waals surface area contributed by atoms with Gasteiger partial charge in [0.05, 0.1) is 5.92 Å². The minimum atomic E-state index is 0.0587. The number of nitrogens with zero attached hydrogens (tertiary/aromatic N) is 4. The van der Waals surface area contributed by atoms with Gasteiger partial charge in [0.1, 0.15) is 5.82 Å². The molecule has 0 unspecified atom stereocenters. The second kappa shape index (κ2) is 9.67. The average molecular weight is 381 g/mol. The highest BCUT2D eigenvalue weighted by molar-refractivity contribution is 5.79. The van der Waals surface area contributed by atoms with Crippen molar-refractivity contribution < 1.29 is 4.79 Å². The highest BCUT2D eigenvalue weighted by Crippen LogP contribution is 2.25. The van der Waals surface area contributed by atoms with Gasteiger partial charge in [-0.25, -0.2) is 9.97 Å². The maximum atomic E-state index is 13.0. The van der Waals surface area contributed by atoms with Crippen molar-refractivity contribution in [2.24, 2.45) is 5.92 Å². The smallest absolute Gasteiger partial charge is 0.227 e. The van der Waals surface area contributed by atoms with Crippen LogP contribution >= 0.6 is 0 Å². The summed E-state index contributed by atoms with van der Waals surface area (Å²) in [4.78, 5) is 26.5. The number of carbonyl (C=O) groups is 1. The molecule has 5 heteroatoms. The third-order valence-electron chi connectivity index (χ3n) is 5.52. The number of hydrogen-bond donors (Lipinski definition) is 0. The Labute approximate surface area is 168 Å². The van der Waals surface area contributed by atoms with Gasteiger partial charge in [0, 0.05) is 37.9 Å². The normalized spacial score (nSPS) is 16.8. The van der Waals surface area contributed by atoms with E-state index in [4.69, 9.17) is 4.98 Å². The Balaban J connectivity index is 1.72. The van der Waals surface area contributed by atoms with E-state index in [1.54, 1.807) is 0 Å². The molecule has 1 atom stereocenters. The van der Waals surface area contributed by atoms with Crippen LogP contribution < -0.4 is 4.90 Å². The molecule has 0 N–H and O–H groups in total. The number of amides is 1. The fraction of sp³-hybridized carbons (Fsp3) is 0.522. The molecule has 28 heavy (non-hydrogen) atoms. The zero-order chi connectivity index (χ0) is 19.9. The molecule has 150 valence electrons. The van der Waals surface area contributed by atoms with Crippen molar-refractivity contribution in [1.82, 2.24) is 14.9 Å². The van der Waals surface area contributed by atoms with Gasteiger partial charge in [-0.05, 0) is 39.2 Å². The summed E-state index contributed by atoms with van der Waals surface area (Å²) in [5.74, 6) is 2.01. The number of carbonyl (C=O) groups excluding carboxylic acids is 1. The number of piperidine rings is 1. The van der Waals surface area contributed by atoms with Crippen LogP contribution in [-0.4, -0.2) is 47.0 Å². The SMILES string of the molecule is CCCCN(CC)C(=O)[C@@H]1CCCN(c2ccnc(-c3ccc(C)cc3)n2)C1. The van der Waals surface area contributed by atoms with Gasteiger partial charge >= 0.3 is 0 Å². The van der Waals surface area contributed by atoms with Crippen LogP contribution in [0.5, 0.6) is 0 Å². The summed E-state index contributed by atoms with van der Waals surface area (Å²) in [6, 6.07) is 10.2. The fourth-order valence-corrected chi connectivity index (χ4v) is 3.79. The molecule has 1 aromatic carbocycles. The highest BCUT2D eigenvalue weighted by atomic mass is 16.2. The summed E-state index contributed by atoms with van der Waals surface area (Å²) in [5, 5.41) is 0. The minimum absolute atomic E-state index is 0.0587. The standard InChI is InChI=1S/C23H32N4O/c1-4-6-15-26(5-2)23(28)20-8-7-16-27(17-20)21-13-14-24-22(25-21)19-11-9-18(3)10-12-19/h9-14,20H,4-8,15-17H2,1-3H3/t20-/m1/s1. The number of unbranched alkanes of at least 4 members (excludes halogenated alkanes) is 1. The molecule has 1 aliphatic rings. The Bertz CT molecular complexity index is 774. The van der Waals surface area contributed by atoms with E-state index in [0.29, 0.717) is 5.91 Å². The largest absolute Gasteiger partial charge is 0.356 e. The third kappa shape index (κ3) is 4.89. The Hall–Kier alpha value is -2.43. The lowest BCUT2D eigenvalue weighted by Gasteiger charge is -2.35. The first-order chi connectivity index (χ1) is 13.6. The van der Waals surface area contributed by atoms with Gasteiger partial charge < -0.3 is 9.80 Å². The highest BCUT2D eigenvalue weighted by Gasteiger charge is 2.29. The lowest BCUT2D eigenvalue weighted by molar-refractivity contribution is -0.135. The zero-order valence-electron chi connectivity index (χ0n) is 17.4. The van der Waals surface area contributed by atoms with E-state index in [9.17, 15) is 4.79 Å². The molecule has 1 saturated heterocycles. The maximum absolute atomic E-state index is 13.0. The minimum Gasteiger partial charge on any atom is -0.356 e. The first-order valence-corrected chi connectivity index (χ1v) is 10.6. The van der Waals surface area contributed by atoms with E-state index < -0.39 is 0 Å². The van der Waals surface area contributed by atoms with Gasteiger partial charge in [0.15, 0.2) is 5.82 Å². The Morgan fingerprint density at radius 2 is 2.00 bits per heavy atom. The molecular weight excluding hydrogens is 348 g/mol. The quantitative estimate of drug-likeness (QED) is 0.718. The number of aromatic nitrogens is 2. The molecule has 2 heterocycles. The van der Waals surface area contributed by atoms with Gasteiger partial charge in [0.2, 0.25) is 5.91 Å². The summed E-state index contributed by atoms with van der Waals surface area (Å²) >= 11 is 0. The van der Waals surface area contributed by atoms with Crippen LogP contribution in [0, 0.1) is 12.8 Å². The van der Waals surface area contributed by atoms with Gasteiger partial charge in [0.25, 0.3) is 0 Å².